The zero-order chi connectivity index (χ0) is 22.2. The molecule has 0 aromatic heterocycles. The van der Waals surface area contributed by atoms with Gasteiger partial charge in [0.15, 0.2) is 5.60 Å². The Hall–Kier alpha value is -3.18. The number of carbonyl (C=O) groups is 1. The highest BCUT2D eigenvalue weighted by atomic mass is 35.5. The summed E-state index contributed by atoms with van der Waals surface area (Å²) in [6.45, 7) is 5.74. The number of benzene rings is 3. The fraction of sp³-hybridized carbons (Fsp3) is 0.240. The molecule has 1 N–H and O–H groups in total. The van der Waals surface area contributed by atoms with Gasteiger partial charge in [0.1, 0.15) is 11.5 Å². The number of hydrogen-bond donors (Lipinski definition) is 1. The zero-order valence-corrected chi connectivity index (χ0v) is 18.4. The molecule has 1 aliphatic rings. The number of phenolic OH excluding ortho intramolecular Hbond substituents is 1. The number of anilines is 1. The molecule has 0 aliphatic carbocycles. The monoisotopic (exact) mass is 437 g/mol. The van der Waals surface area contributed by atoms with Crippen LogP contribution in [-0.4, -0.2) is 31.3 Å². The van der Waals surface area contributed by atoms with Crippen LogP contribution in [0, 0.1) is 0 Å². The van der Waals surface area contributed by atoms with Crippen LogP contribution in [0.2, 0.25) is 5.02 Å². The van der Waals surface area contributed by atoms with Crippen LogP contribution in [0.5, 0.6) is 11.5 Å². The van der Waals surface area contributed by atoms with E-state index in [-0.39, 0.29) is 5.75 Å². The number of methoxy groups -OCH3 is 1. The van der Waals surface area contributed by atoms with Crippen LogP contribution in [0.1, 0.15) is 40.9 Å². The topological polar surface area (TPSA) is 59.0 Å². The lowest BCUT2D eigenvalue weighted by molar-refractivity contribution is 0.0239. The highest BCUT2D eigenvalue weighted by Crippen LogP contribution is 2.52. The predicted octanol–water partition coefficient (Wildman–Crippen LogP) is 5.36. The number of phenols is 1. The van der Waals surface area contributed by atoms with E-state index in [1.54, 1.807) is 36.4 Å². The molecule has 1 heterocycles. The molecule has 0 bridgehead atoms. The van der Waals surface area contributed by atoms with Crippen LogP contribution in [-0.2, 0) is 10.3 Å². The van der Waals surface area contributed by atoms with Crippen molar-refractivity contribution in [1.82, 2.24) is 0 Å². The minimum atomic E-state index is -1.37. The standard InChI is InChI=1S/C25H24ClNO4/c1-4-27(5-2)17-11-13-20(22(28)15-17)25(21-12-10-16(26)14-23(21)30-3)19-9-7-6-8-18(19)24(29)31-25/h6-15,28H,4-5H2,1-3H3. The zero-order valence-electron chi connectivity index (χ0n) is 17.7. The molecule has 4 rings (SSSR count). The third kappa shape index (κ3) is 3.29. The molecule has 0 saturated heterocycles. The Kier molecular flexibility index (Phi) is 5.54. The van der Waals surface area contributed by atoms with Crippen molar-refractivity contribution in [3.63, 3.8) is 0 Å². The van der Waals surface area contributed by atoms with Crippen molar-refractivity contribution in [3.8, 4) is 11.5 Å². The average Bonchev–Trinajstić information content (AvgIpc) is 3.08. The number of ether oxygens (including phenoxy) is 2. The van der Waals surface area contributed by atoms with E-state index < -0.39 is 11.6 Å². The maximum atomic E-state index is 12.9. The van der Waals surface area contributed by atoms with Crippen LogP contribution < -0.4 is 9.64 Å². The van der Waals surface area contributed by atoms with E-state index >= 15 is 0 Å². The predicted molar refractivity (Wildman–Crippen MR) is 121 cm³/mol. The van der Waals surface area contributed by atoms with Gasteiger partial charge in [0.25, 0.3) is 0 Å². The normalized spacial score (nSPS) is 17.2. The van der Waals surface area contributed by atoms with E-state index in [1.165, 1.54) is 7.11 Å². The van der Waals surface area contributed by atoms with Gasteiger partial charge in [-0.1, -0.05) is 29.8 Å². The molecule has 31 heavy (non-hydrogen) atoms. The minimum absolute atomic E-state index is 0.0332. The first-order valence-corrected chi connectivity index (χ1v) is 10.6. The van der Waals surface area contributed by atoms with Crippen LogP contribution in [0.4, 0.5) is 5.69 Å². The molecule has 1 aliphatic heterocycles. The summed E-state index contributed by atoms with van der Waals surface area (Å²) in [6.07, 6.45) is 0. The lowest BCUT2D eigenvalue weighted by Crippen LogP contribution is -2.30. The molecule has 1 unspecified atom stereocenters. The number of esters is 1. The molecule has 5 nitrogen and oxygen atoms in total. The molecular weight excluding hydrogens is 414 g/mol. The number of aromatic hydroxyl groups is 1. The average molecular weight is 438 g/mol. The molecular formula is C25H24ClNO4. The third-order valence-corrected chi connectivity index (χ3v) is 6.04. The van der Waals surface area contributed by atoms with Gasteiger partial charge in [-0.2, -0.15) is 0 Å². The third-order valence-electron chi connectivity index (χ3n) is 5.80. The summed E-state index contributed by atoms with van der Waals surface area (Å²) >= 11 is 6.20. The molecule has 3 aromatic rings. The Morgan fingerprint density at radius 2 is 1.71 bits per heavy atom. The highest BCUT2D eigenvalue weighted by Gasteiger charge is 2.51. The summed E-state index contributed by atoms with van der Waals surface area (Å²) < 4.78 is 11.7. The minimum Gasteiger partial charge on any atom is -0.507 e. The van der Waals surface area contributed by atoms with Crippen molar-refractivity contribution < 1.29 is 19.4 Å². The molecule has 0 spiro atoms. The van der Waals surface area contributed by atoms with Crippen LogP contribution in [0.3, 0.4) is 0 Å². The maximum absolute atomic E-state index is 12.9. The lowest BCUT2D eigenvalue weighted by atomic mass is 9.79. The maximum Gasteiger partial charge on any atom is 0.340 e. The van der Waals surface area contributed by atoms with Gasteiger partial charge < -0.3 is 19.5 Å². The van der Waals surface area contributed by atoms with Gasteiger partial charge in [-0.15, -0.1) is 0 Å². The van der Waals surface area contributed by atoms with Crippen molar-refractivity contribution in [1.29, 1.82) is 0 Å². The van der Waals surface area contributed by atoms with Crippen molar-refractivity contribution in [2.75, 3.05) is 25.1 Å². The smallest absolute Gasteiger partial charge is 0.340 e. The first-order valence-electron chi connectivity index (χ1n) is 10.2. The summed E-state index contributed by atoms with van der Waals surface area (Å²) in [4.78, 5) is 15.0. The molecule has 0 radical (unpaired) electrons. The van der Waals surface area contributed by atoms with Gasteiger partial charge in [0.2, 0.25) is 0 Å². The second kappa shape index (κ2) is 8.16. The summed E-state index contributed by atoms with van der Waals surface area (Å²) in [7, 11) is 1.54. The van der Waals surface area contributed by atoms with Crippen molar-refractivity contribution in [3.05, 3.63) is 87.9 Å². The fourth-order valence-corrected chi connectivity index (χ4v) is 4.48. The molecule has 0 fully saturated rings. The number of carbonyl (C=O) groups excluding carboxylic acids is 1. The van der Waals surface area contributed by atoms with Gasteiger partial charge >= 0.3 is 5.97 Å². The number of fused-ring (bicyclic) bond motifs is 1. The van der Waals surface area contributed by atoms with Gasteiger partial charge in [-0.3, -0.25) is 0 Å². The van der Waals surface area contributed by atoms with Crippen LogP contribution in [0.25, 0.3) is 0 Å². The number of hydrogen-bond acceptors (Lipinski definition) is 5. The molecule has 160 valence electrons. The summed E-state index contributed by atoms with van der Waals surface area (Å²) in [5, 5.41) is 11.7. The Balaban J connectivity index is 2.02. The molecule has 3 aromatic carbocycles. The second-order valence-electron chi connectivity index (χ2n) is 7.33. The van der Waals surface area contributed by atoms with E-state index in [0.29, 0.717) is 33.0 Å². The molecule has 1 atom stereocenters. The highest BCUT2D eigenvalue weighted by molar-refractivity contribution is 6.30. The van der Waals surface area contributed by atoms with Crippen molar-refractivity contribution in [2.45, 2.75) is 19.4 Å². The molecule has 6 heteroatoms. The summed E-state index contributed by atoms with van der Waals surface area (Å²) in [5.41, 5.74) is 1.67. The van der Waals surface area contributed by atoms with E-state index in [4.69, 9.17) is 21.1 Å². The Bertz CT molecular complexity index is 1140. The SMILES string of the molecule is CCN(CC)c1ccc(C2(c3ccc(Cl)cc3OC)OC(=O)c3ccccc32)c(O)c1. The van der Waals surface area contributed by atoms with Gasteiger partial charge in [-0.25, -0.2) is 4.79 Å². The van der Waals surface area contributed by atoms with E-state index in [2.05, 4.69) is 18.7 Å². The molecule has 0 saturated carbocycles. The van der Waals surface area contributed by atoms with Gasteiger partial charge in [0, 0.05) is 46.6 Å². The molecule has 0 amide bonds. The Morgan fingerprint density at radius 3 is 2.39 bits per heavy atom. The summed E-state index contributed by atoms with van der Waals surface area (Å²) in [5.74, 6) is 0.0370. The fourth-order valence-electron chi connectivity index (χ4n) is 4.32. The first-order chi connectivity index (χ1) is 15.0. The summed E-state index contributed by atoms with van der Waals surface area (Å²) in [6, 6.07) is 17.8. The number of rotatable bonds is 6. The number of halogens is 1. The second-order valence-corrected chi connectivity index (χ2v) is 7.77. The number of nitrogens with zero attached hydrogens (tertiary/aromatic N) is 1. The number of cyclic esters (lactones) is 1. The van der Waals surface area contributed by atoms with E-state index in [1.807, 2.05) is 24.3 Å². The van der Waals surface area contributed by atoms with E-state index in [9.17, 15) is 9.90 Å². The van der Waals surface area contributed by atoms with E-state index in [0.717, 1.165) is 18.8 Å². The Morgan fingerprint density at radius 1 is 1.00 bits per heavy atom. The van der Waals surface area contributed by atoms with Crippen molar-refractivity contribution >= 4 is 23.3 Å². The van der Waals surface area contributed by atoms with Crippen molar-refractivity contribution in [2.24, 2.45) is 0 Å². The van der Waals surface area contributed by atoms with Crippen LogP contribution in [0.15, 0.2) is 60.7 Å². The van der Waals surface area contributed by atoms with Gasteiger partial charge in [0.05, 0.1) is 12.7 Å². The van der Waals surface area contributed by atoms with Gasteiger partial charge in [-0.05, 0) is 50.2 Å². The lowest BCUT2D eigenvalue weighted by Gasteiger charge is -2.32. The largest absolute Gasteiger partial charge is 0.507 e. The quantitative estimate of drug-likeness (QED) is 0.526. The van der Waals surface area contributed by atoms with Crippen LogP contribution >= 0.6 is 11.6 Å². The Labute approximate surface area is 186 Å². The first kappa shape index (κ1) is 21.1.